The Morgan fingerprint density at radius 2 is 1.71 bits per heavy atom. The molecule has 5 atom stereocenters. The van der Waals surface area contributed by atoms with Crippen molar-refractivity contribution in [2.45, 2.75) is 53.1 Å². The predicted octanol–water partition coefficient (Wildman–Crippen LogP) is 2.44. The summed E-state index contributed by atoms with van der Waals surface area (Å²) in [5.74, 6) is 0.300. The SMILES string of the molecule is CC(C)C1=CC(=O)[C@]2(C)CC[C@@]3(C)C(=O)C=C(CO)[C@H](O)C[C@H]3[C@H]12. The van der Waals surface area contributed by atoms with Gasteiger partial charge in [-0.1, -0.05) is 33.3 Å². The fourth-order valence-electron chi connectivity index (χ4n) is 5.16. The van der Waals surface area contributed by atoms with Crippen molar-refractivity contribution in [1.82, 2.24) is 0 Å². The number of aliphatic hydroxyl groups is 2. The molecule has 24 heavy (non-hydrogen) atoms. The van der Waals surface area contributed by atoms with E-state index >= 15 is 0 Å². The minimum Gasteiger partial charge on any atom is -0.392 e. The van der Waals surface area contributed by atoms with Crippen LogP contribution in [0.2, 0.25) is 0 Å². The normalized spacial score (nSPS) is 42.4. The summed E-state index contributed by atoms with van der Waals surface area (Å²) in [5, 5.41) is 20.0. The van der Waals surface area contributed by atoms with Crippen molar-refractivity contribution in [3.8, 4) is 0 Å². The van der Waals surface area contributed by atoms with Crippen LogP contribution in [0.3, 0.4) is 0 Å². The molecule has 0 bridgehead atoms. The quantitative estimate of drug-likeness (QED) is 0.814. The molecule has 1 fully saturated rings. The summed E-state index contributed by atoms with van der Waals surface area (Å²) in [6.07, 6.45) is 4.19. The molecular weight excluding hydrogens is 304 g/mol. The molecule has 3 aliphatic rings. The van der Waals surface area contributed by atoms with Crippen LogP contribution in [0.5, 0.6) is 0 Å². The third-order valence-corrected chi connectivity index (χ3v) is 6.92. The van der Waals surface area contributed by atoms with E-state index in [9.17, 15) is 19.8 Å². The van der Waals surface area contributed by atoms with E-state index < -0.39 is 16.9 Å². The molecule has 1 saturated carbocycles. The van der Waals surface area contributed by atoms with Gasteiger partial charge in [0.25, 0.3) is 0 Å². The molecule has 0 aromatic heterocycles. The molecule has 0 unspecified atom stereocenters. The van der Waals surface area contributed by atoms with Gasteiger partial charge in [0.2, 0.25) is 0 Å². The van der Waals surface area contributed by atoms with E-state index in [-0.39, 0.29) is 35.9 Å². The van der Waals surface area contributed by atoms with Gasteiger partial charge in [0.15, 0.2) is 11.6 Å². The van der Waals surface area contributed by atoms with Crippen LogP contribution in [0.1, 0.15) is 47.0 Å². The summed E-state index contributed by atoms with van der Waals surface area (Å²) < 4.78 is 0. The number of allylic oxidation sites excluding steroid dienone is 3. The lowest BCUT2D eigenvalue weighted by atomic mass is 9.50. The molecule has 0 heterocycles. The zero-order valence-corrected chi connectivity index (χ0v) is 15.0. The summed E-state index contributed by atoms with van der Waals surface area (Å²) in [4.78, 5) is 25.6. The van der Waals surface area contributed by atoms with Crippen molar-refractivity contribution in [3.05, 3.63) is 23.3 Å². The Balaban J connectivity index is 2.11. The smallest absolute Gasteiger partial charge is 0.162 e. The van der Waals surface area contributed by atoms with E-state index in [0.717, 1.165) is 5.57 Å². The molecule has 4 nitrogen and oxygen atoms in total. The van der Waals surface area contributed by atoms with Crippen molar-refractivity contribution >= 4 is 11.6 Å². The number of carbonyl (C=O) groups is 2. The van der Waals surface area contributed by atoms with Gasteiger partial charge in [0, 0.05) is 10.8 Å². The van der Waals surface area contributed by atoms with Crippen molar-refractivity contribution in [1.29, 1.82) is 0 Å². The third-order valence-electron chi connectivity index (χ3n) is 6.92. The maximum Gasteiger partial charge on any atom is 0.162 e. The Hall–Kier alpha value is -1.26. The molecule has 0 saturated heterocycles. The first-order valence-electron chi connectivity index (χ1n) is 8.95. The highest BCUT2D eigenvalue weighted by atomic mass is 16.3. The summed E-state index contributed by atoms with van der Waals surface area (Å²) in [7, 11) is 0. The predicted molar refractivity (Wildman–Crippen MR) is 91.2 cm³/mol. The minimum atomic E-state index is -0.822. The molecule has 4 heteroatoms. The van der Waals surface area contributed by atoms with Crippen molar-refractivity contribution in [2.24, 2.45) is 28.6 Å². The Labute approximate surface area is 143 Å². The number of fused-ring (bicyclic) bond motifs is 3. The van der Waals surface area contributed by atoms with E-state index in [1.807, 2.05) is 13.8 Å². The molecule has 3 aliphatic carbocycles. The van der Waals surface area contributed by atoms with Crippen LogP contribution in [0.15, 0.2) is 23.3 Å². The molecule has 0 aromatic carbocycles. The largest absolute Gasteiger partial charge is 0.392 e. The second-order valence-electron chi connectivity index (χ2n) is 8.58. The number of ketones is 2. The monoisotopic (exact) mass is 332 g/mol. The number of rotatable bonds is 2. The summed E-state index contributed by atoms with van der Waals surface area (Å²) in [5.41, 5.74) is 0.469. The van der Waals surface area contributed by atoms with Crippen LogP contribution in [0.4, 0.5) is 0 Å². The van der Waals surface area contributed by atoms with Gasteiger partial charge in [0.1, 0.15) is 0 Å². The maximum atomic E-state index is 12.9. The first-order valence-corrected chi connectivity index (χ1v) is 8.95. The molecule has 0 spiro atoms. The second-order valence-corrected chi connectivity index (χ2v) is 8.58. The van der Waals surface area contributed by atoms with Gasteiger partial charge in [0.05, 0.1) is 12.7 Å². The summed E-state index contributed by atoms with van der Waals surface area (Å²) in [6, 6.07) is 0. The lowest BCUT2D eigenvalue weighted by Gasteiger charge is -2.51. The van der Waals surface area contributed by atoms with Gasteiger partial charge >= 0.3 is 0 Å². The highest BCUT2D eigenvalue weighted by Crippen LogP contribution is 2.61. The van der Waals surface area contributed by atoms with Gasteiger partial charge in [-0.05, 0) is 54.7 Å². The Kier molecular flexibility index (Phi) is 4.12. The fraction of sp³-hybridized carbons (Fsp3) is 0.700. The highest BCUT2D eigenvalue weighted by molar-refractivity contribution is 6.00. The van der Waals surface area contributed by atoms with Gasteiger partial charge in [-0.2, -0.15) is 0 Å². The van der Waals surface area contributed by atoms with E-state index in [4.69, 9.17) is 0 Å². The average molecular weight is 332 g/mol. The van der Waals surface area contributed by atoms with E-state index in [1.54, 1.807) is 6.08 Å². The number of hydrogen-bond donors (Lipinski definition) is 2. The number of aliphatic hydroxyl groups excluding tert-OH is 2. The van der Waals surface area contributed by atoms with Crippen molar-refractivity contribution in [2.75, 3.05) is 6.61 Å². The van der Waals surface area contributed by atoms with Crippen LogP contribution in [-0.2, 0) is 9.59 Å². The molecule has 132 valence electrons. The summed E-state index contributed by atoms with van der Waals surface area (Å²) >= 11 is 0. The Bertz CT molecular complexity index is 644. The van der Waals surface area contributed by atoms with Gasteiger partial charge in [-0.25, -0.2) is 0 Å². The van der Waals surface area contributed by atoms with Gasteiger partial charge in [-0.15, -0.1) is 0 Å². The topological polar surface area (TPSA) is 74.6 Å². The van der Waals surface area contributed by atoms with E-state index in [0.29, 0.717) is 24.8 Å². The lowest BCUT2D eigenvalue weighted by molar-refractivity contribution is -0.141. The van der Waals surface area contributed by atoms with Gasteiger partial charge < -0.3 is 10.2 Å². The molecule has 2 N–H and O–H groups in total. The second kappa shape index (κ2) is 5.63. The fourth-order valence-corrected chi connectivity index (χ4v) is 5.16. The number of carbonyl (C=O) groups excluding carboxylic acids is 2. The van der Waals surface area contributed by atoms with E-state index in [2.05, 4.69) is 13.8 Å². The Morgan fingerprint density at radius 1 is 1.12 bits per heavy atom. The van der Waals surface area contributed by atoms with Crippen molar-refractivity contribution in [3.63, 3.8) is 0 Å². The molecule has 0 radical (unpaired) electrons. The average Bonchev–Trinajstić information content (AvgIpc) is 2.74. The summed E-state index contributed by atoms with van der Waals surface area (Å²) in [6.45, 7) is 7.87. The molecule has 0 amide bonds. The zero-order chi connectivity index (χ0) is 17.9. The lowest BCUT2D eigenvalue weighted by Crippen LogP contribution is -2.51. The standard InChI is InChI=1S/C20H28O4/c1-11(2)13-8-17(24)20(4)6-5-19(3)14(18(13)20)9-15(22)12(10-21)7-16(19)23/h7-8,11,14-15,18,21-22H,5-6,9-10H2,1-4H3/t14-,15+,18-,19+,20-/m0/s1. The van der Waals surface area contributed by atoms with Crippen LogP contribution in [0.25, 0.3) is 0 Å². The minimum absolute atomic E-state index is 0.00575. The first-order chi connectivity index (χ1) is 11.1. The first kappa shape index (κ1) is 17.6. The third kappa shape index (κ3) is 2.26. The molecular formula is C20H28O4. The Morgan fingerprint density at radius 3 is 2.29 bits per heavy atom. The van der Waals surface area contributed by atoms with Crippen LogP contribution < -0.4 is 0 Å². The van der Waals surface area contributed by atoms with Crippen LogP contribution >= 0.6 is 0 Å². The molecule has 3 rings (SSSR count). The highest BCUT2D eigenvalue weighted by Gasteiger charge is 2.60. The van der Waals surface area contributed by atoms with Crippen LogP contribution in [0, 0.1) is 28.6 Å². The van der Waals surface area contributed by atoms with E-state index in [1.165, 1.54) is 6.08 Å². The van der Waals surface area contributed by atoms with Crippen molar-refractivity contribution < 1.29 is 19.8 Å². The number of hydrogen-bond acceptors (Lipinski definition) is 4. The van der Waals surface area contributed by atoms with Gasteiger partial charge in [-0.3, -0.25) is 9.59 Å². The van der Waals surface area contributed by atoms with Crippen LogP contribution in [-0.4, -0.2) is 34.5 Å². The maximum absolute atomic E-state index is 12.9. The molecule has 0 aromatic rings. The zero-order valence-electron chi connectivity index (χ0n) is 15.0. The molecule has 0 aliphatic heterocycles.